The third-order valence-corrected chi connectivity index (χ3v) is 4.83. The second-order valence-electron chi connectivity index (χ2n) is 6.90. The van der Waals surface area contributed by atoms with Gasteiger partial charge in [-0.15, -0.1) is 0 Å². The summed E-state index contributed by atoms with van der Waals surface area (Å²) >= 11 is 9.39. The molecule has 1 aliphatic rings. The van der Waals surface area contributed by atoms with E-state index in [4.69, 9.17) is 16.3 Å². The number of amides is 2. The molecule has 1 aromatic rings. The molecule has 0 saturated carbocycles. The number of nitrogens with one attached hydrogen (secondary N) is 1. The van der Waals surface area contributed by atoms with Gasteiger partial charge in [0.1, 0.15) is 5.60 Å². The Kier molecular flexibility index (Phi) is 6.15. The fraction of sp³-hybridized carbons (Fsp3) is 0.529. The highest BCUT2D eigenvalue weighted by atomic mass is 79.9. The van der Waals surface area contributed by atoms with Gasteiger partial charge in [0, 0.05) is 17.6 Å². The van der Waals surface area contributed by atoms with E-state index in [0.29, 0.717) is 24.5 Å². The molecule has 0 aliphatic carbocycles. The minimum atomic E-state index is -0.529. The molecule has 2 amide bonds. The van der Waals surface area contributed by atoms with Crippen LogP contribution in [-0.2, 0) is 16.0 Å². The third kappa shape index (κ3) is 5.67. The molecule has 24 heavy (non-hydrogen) atoms. The van der Waals surface area contributed by atoms with Crippen LogP contribution in [0.4, 0.5) is 4.79 Å². The normalized spacial score (nSPS) is 17.7. The first-order valence-electron chi connectivity index (χ1n) is 7.85. The molecule has 2 rings (SSSR count). The van der Waals surface area contributed by atoms with Crippen LogP contribution in [0, 0.1) is 0 Å². The van der Waals surface area contributed by atoms with Crippen molar-refractivity contribution in [2.24, 2.45) is 0 Å². The van der Waals surface area contributed by atoms with E-state index in [2.05, 4.69) is 21.2 Å². The minimum absolute atomic E-state index is 0.0295. The van der Waals surface area contributed by atoms with Crippen molar-refractivity contribution in [2.45, 2.75) is 45.3 Å². The molecule has 1 saturated heterocycles. The molecule has 0 radical (unpaired) electrons. The van der Waals surface area contributed by atoms with Crippen molar-refractivity contribution in [2.75, 3.05) is 13.1 Å². The summed E-state index contributed by atoms with van der Waals surface area (Å²) in [6, 6.07) is 5.43. The molecule has 5 nitrogen and oxygen atoms in total. The van der Waals surface area contributed by atoms with Crippen LogP contribution >= 0.6 is 27.5 Å². The van der Waals surface area contributed by atoms with Gasteiger partial charge in [0.15, 0.2) is 0 Å². The molecular formula is C17H22BrClN2O3. The van der Waals surface area contributed by atoms with E-state index in [1.54, 1.807) is 11.0 Å². The maximum absolute atomic E-state index is 12.4. The van der Waals surface area contributed by atoms with Gasteiger partial charge in [-0.1, -0.05) is 17.7 Å². The van der Waals surface area contributed by atoms with Crippen molar-refractivity contribution < 1.29 is 14.3 Å². The van der Waals surface area contributed by atoms with Gasteiger partial charge in [-0.25, -0.2) is 4.79 Å². The largest absolute Gasteiger partial charge is 0.444 e. The first-order valence-corrected chi connectivity index (χ1v) is 9.02. The summed E-state index contributed by atoms with van der Waals surface area (Å²) in [6.07, 6.45) is 0.583. The summed E-state index contributed by atoms with van der Waals surface area (Å²) in [5, 5.41) is 3.41. The van der Waals surface area contributed by atoms with E-state index < -0.39 is 11.7 Å². The molecular weight excluding hydrogens is 396 g/mol. The number of hydrogen-bond donors (Lipinski definition) is 1. The predicted octanol–water partition coefficient (Wildman–Crippen LogP) is 3.77. The number of hydrogen-bond acceptors (Lipinski definition) is 3. The van der Waals surface area contributed by atoms with Gasteiger partial charge < -0.3 is 15.0 Å². The molecule has 0 unspecified atom stereocenters. The molecule has 0 aromatic heterocycles. The average molecular weight is 418 g/mol. The van der Waals surface area contributed by atoms with Crippen LogP contribution < -0.4 is 5.32 Å². The number of carbonyl (C=O) groups excluding carboxylic acids is 2. The number of alkyl carbamates (subject to hydrolysis) is 1. The van der Waals surface area contributed by atoms with Gasteiger partial charge in [-0.05, 0) is 60.8 Å². The number of rotatable bonds is 3. The lowest BCUT2D eigenvalue weighted by Crippen LogP contribution is -2.41. The second-order valence-corrected chi connectivity index (χ2v) is 8.16. The molecule has 0 bridgehead atoms. The standard InChI is InChI=1S/C17H22BrClN2O3/c1-17(2,3)24-16(23)20-12-6-7-21(10-12)15(22)9-11-4-5-13(18)14(19)8-11/h4-5,8,12H,6-7,9-10H2,1-3H3,(H,20,23)/t12-/m1/s1. The third-order valence-electron chi connectivity index (χ3n) is 3.60. The van der Waals surface area contributed by atoms with Gasteiger partial charge in [-0.2, -0.15) is 0 Å². The van der Waals surface area contributed by atoms with Crippen LogP contribution in [0.2, 0.25) is 5.02 Å². The van der Waals surface area contributed by atoms with Crippen LogP contribution in [0.5, 0.6) is 0 Å². The molecule has 1 fully saturated rings. The lowest BCUT2D eigenvalue weighted by molar-refractivity contribution is -0.129. The zero-order valence-corrected chi connectivity index (χ0v) is 16.4. The lowest BCUT2D eigenvalue weighted by Gasteiger charge is -2.22. The van der Waals surface area contributed by atoms with Crippen LogP contribution in [-0.4, -0.2) is 41.6 Å². The molecule has 1 aliphatic heterocycles. The maximum Gasteiger partial charge on any atom is 0.407 e. The quantitative estimate of drug-likeness (QED) is 0.814. The molecule has 1 aromatic carbocycles. The number of nitrogens with zero attached hydrogens (tertiary/aromatic N) is 1. The van der Waals surface area contributed by atoms with E-state index in [9.17, 15) is 9.59 Å². The zero-order chi connectivity index (χ0) is 17.9. The van der Waals surface area contributed by atoms with Crippen molar-refractivity contribution in [3.8, 4) is 0 Å². The Morgan fingerprint density at radius 2 is 2.12 bits per heavy atom. The fourth-order valence-corrected chi connectivity index (χ4v) is 2.96. The molecule has 132 valence electrons. The number of ether oxygens (including phenoxy) is 1. The van der Waals surface area contributed by atoms with Gasteiger partial charge in [0.2, 0.25) is 5.91 Å². The van der Waals surface area contributed by atoms with Crippen molar-refractivity contribution in [1.29, 1.82) is 0 Å². The Morgan fingerprint density at radius 3 is 2.75 bits per heavy atom. The Balaban J connectivity index is 1.85. The van der Waals surface area contributed by atoms with Gasteiger partial charge >= 0.3 is 6.09 Å². The zero-order valence-electron chi connectivity index (χ0n) is 14.1. The number of benzene rings is 1. The first-order chi connectivity index (χ1) is 11.1. The van der Waals surface area contributed by atoms with Crippen molar-refractivity contribution >= 4 is 39.5 Å². The van der Waals surface area contributed by atoms with E-state index in [1.165, 1.54) is 0 Å². The van der Waals surface area contributed by atoms with Crippen LogP contribution in [0.25, 0.3) is 0 Å². The molecule has 1 heterocycles. The SMILES string of the molecule is CC(C)(C)OC(=O)N[C@@H]1CCN(C(=O)Cc2ccc(Br)c(Cl)c2)C1. The van der Waals surface area contributed by atoms with E-state index in [-0.39, 0.29) is 11.9 Å². The summed E-state index contributed by atoms with van der Waals surface area (Å²) in [5.74, 6) is 0.0295. The lowest BCUT2D eigenvalue weighted by atomic mass is 10.1. The highest BCUT2D eigenvalue weighted by Gasteiger charge is 2.28. The minimum Gasteiger partial charge on any atom is -0.444 e. The topological polar surface area (TPSA) is 58.6 Å². The molecule has 1 atom stereocenters. The van der Waals surface area contributed by atoms with Crippen LogP contribution in [0.3, 0.4) is 0 Å². The fourth-order valence-electron chi connectivity index (χ4n) is 2.51. The van der Waals surface area contributed by atoms with E-state index in [1.807, 2.05) is 32.9 Å². The van der Waals surface area contributed by atoms with Gasteiger partial charge in [-0.3, -0.25) is 4.79 Å². The number of carbonyl (C=O) groups is 2. The maximum atomic E-state index is 12.4. The number of halogens is 2. The Bertz CT molecular complexity index is 631. The number of likely N-dealkylation sites (tertiary alicyclic amines) is 1. The molecule has 7 heteroatoms. The monoisotopic (exact) mass is 416 g/mol. The van der Waals surface area contributed by atoms with Gasteiger partial charge in [0.05, 0.1) is 17.5 Å². The second kappa shape index (κ2) is 7.74. The summed E-state index contributed by atoms with van der Waals surface area (Å²) in [7, 11) is 0. The van der Waals surface area contributed by atoms with E-state index >= 15 is 0 Å². The summed E-state index contributed by atoms with van der Waals surface area (Å²) in [6.45, 7) is 6.59. The first kappa shape index (κ1) is 19.1. The highest BCUT2D eigenvalue weighted by molar-refractivity contribution is 9.10. The summed E-state index contributed by atoms with van der Waals surface area (Å²) < 4.78 is 6.05. The summed E-state index contributed by atoms with van der Waals surface area (Å²) in [4.78, 5) is 26.0. The Labute approximate surface area is 155 Å². The Morgan fingerprint density at radius 1 is 1.42 bits per heavy atom. The van der Waals surface area contributed by atoms with E-state index in [0.717, 1.165) is 16.5 Å². The van der Waals surface area contributed by atoms with Crippen LogP contribution in [0.15, 0.2) is 22.7 Å². The average Bonchev–Trinajstić information content (AvgIpc) is 2.89. The van der Waals surface area contributed by atoms with Crippen molar-refractivity contribution in [3.05, 3.63) is 33.3 Å². The highest BCUT2D eigenvalue weighted by Crippen LogP contribution is 2.24. The predicted molar refractivity (Wildman–Crippen MR) is 97.2 cm³/mol. The molecule has 1 N–H and O–H groups in total. The van der Waals surface area contributed by atoms with Crippen molar-refractivity contribution in [1.82, 2.24) is 10.2 Å². The Hall–Kier alpha value is -1.27. The smallest absolute Gasteiger partial charge is 0.407 e. The van der Waals surface area contributed by atoms with Crippen LogP contribution in [0.1, 0.15) is 32.8 Å². The van der Waals surface area contributed by atoms with Crippen molar-refractivity contribution in [3.63, 3.8) is 0 Å². The molecule has 0 spiro atoms. The summed E-state index contributed by atoms with van der Waals surface area (Å²) in [5.41, 5.74) is 0.343. The van der Waals surface area contributed by atoms with Gasteiger partial charge in [0.25, 0.3) is 0 Å².